The summed E-state index contributed by atoms with van der Waals surface area (Å²) in [7, 11) is 0. The number of aliphatic hydroxyl groups is 1. The Morgan fingerprint density at radius 2 is 2.27 bits per heavy atom. The molecule has 0 aromatic heterocycles. The van der Waals surface area contributed by atoms with Crippen LogP contribution in [0.2, 0.25) is 0 Å². The zero-order valence-electron chi connectivity index (χ0n) is 7.51. The Kier molecular flexibility index (Phi) is 5.86. The quantitative estimate of drug-likeness (QED) is 0.603. The lowest BCUT2D eigenvalue weighted by Crippen LogP contribution is -1.88. The molecule has 0 aliphatic heterocycles. The third-order valence-corrected chi connectivity index (χ3v) is 1.77. The molecular weight excluding hydrogens is 136 g/mol. The van der Waals surface area contributed by atoms with Crippen LogP contribution in [0.1, 0.15) is 26.7 Å². The first kappa shape index (κ1) is 10.4. The monoisotopic (exact) mass is 154 g/mol. The number of hydrogen-bond donors (Lipinski definition) is 1. The van der Waals surface area contributed by atoms with Gasteiger partial charge in [-0.2, -0.15) is 0 Å². The zero-order valence-corrected chi connectivity index (χ0v) is 7.51. The predicted molar refractivity (Wildman–Crippen MR) is 49.4 cm³/mol. The van der Waals surface area contributed by atoms with Crippen molar-refractivity contribution in [3.63, 3.8) is 0 Å². The minimum absolute atomic E-state index is 0.183. The van der Waals surface area contributed by atoms with Crippen molar-refractivity contribution >= 4 is 0 Å². The van der Waals surface area contributed by atoms with Crippen molar-refractivity contribution in [3.05, 3.63) is 24.3 Å². The van der Waals surface area contributed by atoms with Crippen molar-refractivity contribution in [3.8, 4) is 0 Å². The van der Waals surface area contributed by atoms with Crippen LogP contribution >= 0.6 is 0 Å². The van der Waals surface area contributed by atoms with Gasteiger partial charge in [0.05, 0.1) is 6.61 Å². The second kappa shape index (κ2) is 6.17. The molecule has 0 radical (unpaired) electrons. The van der Waals surface area contributed by atoms with Crippen LogP contribution in [0, 0.1) is 5.92 Å². The van der Waals surface area contributed by atoms with Gasteiger partial charge in [-0.1, -0.05) is 24.6 Å². The molecule has 0 amide bonds. The van der Waals surface area contributed by atoms with Crippen LogP contribution in [0.4, 0.5) is 0 Å². The highest BCUT2D eigenvalue weighted by molar-refractivity contribution is 4.97. The van der Waals surface area contributed by atoms with Crippen molar-refractivity contribution in [2.75, 3.05) is 6.61 Å². The lowest BCUT2D eigenvalue weighted by atomic mass is 10.1. The minimum Gasteiger partial charge on any atom is -0.392 e. The van der Waals surface area contributed by atoms with E-state index in [4.69, 9.17) is 5.11 Å². The Hall–Kier alpha value is -0.560. The Morgan fingerprint density at radius 1 is 1.64 bits per heavy atom. The van der Waals surface area contributed by atoms with Crippen molar-refractivity contribution in [2.45, 2.75) is 26.7 Å². The van der Waals surface area contributed by atoms with Crippen molar-refractivity contribution in [1.82, 2.24) is 0 Å². The molecule has 0 aliphatic carbocycles. The topological polar surface area (TPSA) is 20.2 Å². The summed E-state index contributed by atoms with van der Waals surface area (Å²) in [5, 5.41) is 8.67. The van der Waals surface area contributed by atoms with E-state index in [1.807, 2.05) is 13.0 Å². The van der Waals surface area contributed by atoms with Gasteiger partial charge in [0, 0.05) is 0 Å². The number of allylic oxidation sites excluding steroid dienone is 2. The summed E-state index contributed by atoms with van der Waals surface area (Å²) < 4.78 is 0. The summed E-state index contributed by atoms with van der Waals surface area (Å²) in [6.45, 7) is 7.98. The lowest BCUT2D eigenvalue weighted by molar-refractivity contribution is 0.330. The summed E-state index contributed by atoms with van der Waals surface area (Å²) in [5.41, 5.74) is 1.06. The maximum Gasteiger partial charge on any atom is 0.0639 e. The molecule has 11 heavy (non-hydrogen) atoms. The van der Waals surface area contributed by atoms with Gasteiger partial charge in [-0.05, 0) is 25.7 Å². The van der Waals surface area contributed by atoms with Gasteiger partial charge >= 0.3 is 0 Å². The zero-order chi connectivity index (χ0) is 8.69. The molecular formula is C10H18O. The summed E-state index contributed by atoms with van der Waals surface area (Å²) in [6.07, 6.45) is 6.21. The SMILES string of the molecule is C=C[C@@H](C)CCC=C(C)CO. The molecule has 1 heteroatoms. The fraction of sp³-hybridized carbons (Fsp3) is 0.600. The van der Waals surface area contributed by atoms with E-state index in [0.717, 1.165) is 18.4 Å². The van der Waals surface area contributed by atoms with Gasteiger partial charge in [-0.25, -0.2) is 0 Å². The van der Waals surface area contributed by atoms with E-state index >= 15 is 0 Å². The largest absolute Gasteiger partial charge is 0.392 e. The molecule has 0 heterocycles. The van der Waals surface area contributed by atoms with Crippen LogP contribution in [-0.4, -0.2) is 11.7 Å². The molecule has 0 spiro atoms. The van der Waals surface area contributed by atoms with Crippen LogP contribution in [0.3, 0.4) is 0 Å². The van der Waals surface area contributed by atoms with Crippen LogP contribution in [0.5, 0.6) is 0 Å². The molecule has 1 atom stereocenters. The highest BCUT2D eigenvalue weighted by atomic mass is 16.3. The summed E-state index contributed by atoms with van der Waals surface area (Å²) in [6, 6.07) is 0. The van der Waals surface area contributed by atoms with Gasteiger partial charge < -0.3 is 5.11 Å². The average Bonchev–Trinajstić information content (AvgIpc) is 2.04. The van der Waals surface area contributed by atoms with Crippen LogP contribution in [0.25, 0.3) is 0 Å². The molecule has 0 bridgehead atoms. The van der Waals surface area contributed by atoms with Crippen LogP contribution < -0.4 is 0 Å². The van der Waals surface area contributed by atoms with Gasteiger partial charge in [0.25, 0.3) is 0 Å². The van der Waals surface area contributed by atoms with Crippen LogP contribution in [0.15, 0.2) is 24.3 Å². The number of rotatable bonds is 5. The van der Waals surface area contributed by atoms with Crippen molar-refractivity contribution in [2.24, 2.45) is 5.92 Å². The molecule has 64 valence electrons. The van der Waals surface area contributed by atoms with E-state index in [2.05, 4.69) is 19.6 Å². The molecule has 0 saturated heterocycles. The first-order valence-corrected chi connectivity index (χ1v) is 4.09. The third kappa shape index (κ3) is 5.86. The highest BCUT2D eigenvalue weighted by Crippen LogP contribution is 2.07. The smallest absolute Gasteiger partial charge is 0.0639 e. The molecule has 0 rings (SSSR count). The second-order valence-electron chi connectivity index (χ2n) is 3.00. The molecule has 0 aromatic rings. The number of hydrogen-bond acceptors (Lipinski definition) is 1. The summed E-state index contributed by atoms with van der Waals surface area (Å²) >= 11 is 0. The average molecular weight is 154 g/mol. The van der Waals surface area contributed by atoms with Gasteiger partial charge in [-0.15, -0.1) is 6.58 Å². The fourth-order valence-corrected chi connectivity index (χ4v) is 0.775. The van der Waals surface area contributed by atoms with Crippen molar-refractivity contribution < 1.29 is 5.11 Å². The maximum absolute atomic E-state index is 8.67. The van der Waals surface area contributed by atoms with Crippen LogP contribution in [-0.2, 0) is 0 Å². The first-order chi connectivity index (χ1) is 5.20. The maximum atomic E-state index is 8.67. The molecule has 0 aliphatic rings. The lowest BCUT2D eigenvalue weighted by Gasteiger charge is -2.01. The molecule has 1 N–H and O–H groups in total. The standard InChI is InChI=1S/C10H18O/c1-4-9(2)6-5-7-10(3)8-11/h4,7,9,11H,1,5-6,8H2,2-3H3/t9-/m1/s1. The van der Waals surface area contributed by atoms with Gasteiger partial charge in [-0.3, -0.25) is 0 Å². The number of aliphatic hydroxyl groups excluding tert-OH is 1. The van der Waals surface area contributed by atoms with Gasteiger partial charge in [0.1, 0.15) is 0 Å². The van der Waals surface area contributed by atoms with E-state index in [0.29, 0.717) is 5.92 Å². The van der Waals surface area contributed by atoms with Gasteiger partial charge in [0.2, 0.25) is 0 Å². The highest BCUT2D eigenvalue weighted by Gasteiger charge is 1.93. The summed E-state index contributed by atoms with van der Waals surface area (Å²) in [5.74, 6) is 0.581. The predicted octanol–water partition coefficient (Wildman–Crippen LogP) is 2.53. The Bertz CT molecular complexity index is 136. The third-order valence-electron chi connectivity index (χ3n) is 1.77. The normalized spacial score (nSPS) is 14.6. The molecule has 0 aromatic carbocycles. The van der Waals surface area contributed by atoms with E-state index in [-0.39, 0.29) is 6.61 Å². The summed E-state index contributed by atoms with van der Waals surface area (Å²) in [4.78, 5) is 0. The van der Waals surface area contributed by atoms with Crippen molar-refractivity contribution in [1.29, 1.82) is 0 Å². The van der Waals surface area contributed by atoms with E-state index in [1.54, 1.807) is 0 Å². The van der Waals surface area contributed by atoms with E-state index in [9.17, 15) is 0 Å². The Labute approximate surface area is 69.4 Å². The Balaban J connectivity index is 3.47. The molecule has 0 unspecified atom stereocenters. The molecule has 1 nitrogen and oxygen atoms in total. The fourth-order valence-electron chi connectivity index (χ4n) is 0.775. The molecule has 0 fully saturated rings. The Morgan fingerprint density at radius 3 is 2.73 bits per heavy atom. The first-order valence-electron chi connectivity index (χ1n) is 4.09. The molecule has 0 saturated carbocycles. The van der Waals surface area contributed by atoms with Gasteiger partial charge in [0.15, 0.2) is 0 Å². The van der Waals surface area contributed by atoms with E-state index < -0.39 is 0 Å². The van der Waals surface area contributed by atoms with E-state index in [1.165, 1.54) is 0 Å². The second-order valence-corrected chi connectivity index (χ2v) is 3.00. The minimum atomic E-state index is 0.183.